The second-order valence-corrected chi connectivity index (χ2v) is 8.41. The molecule has 0 heterocycles. The Balaban J connectivity index is 2.82. The normalized spacial score (nSPS) is 11.5. The van der Waals surface area contributed by atoms with E-state index in [9.17, 15) is 0 Å². The van der Waals surface area contributed by atoms with Crippen molar-refractivity contribution in [2.45, 2.75) is 87.5 Å². The summed E-state index contributed by atoms with van der Waals surface area (Å²) >= 11 is 0. The molecule has 0 saturated carbocycles. The summed E-state index contributed by atoms with van der Waals surface area (Å²) in [6.45, 7) is 20.9. The minimum absolute atomic E-state index is 0.0490. The minimum Gasteiger partial charge on any atom is -0.491 e. The van der Waals surface area contributed by atoms with Crippen LogP contribution in [0.3, 0.4) is 0 Å². The quantitative estimate of drug-likeness (QED) is 0.517. The first kappa shape index (κ1) is 22.1. The van der Waals surface area contributed by atoms with Gasteiger partial charge in [0.25, 0.3) is 0 Å². The molecule has 0 unspecified atom stereocenters. The van der Waals surface area contributed by atoms with Gasteiger partial charge >= 0.3 is 0 Å². The van der Waals surface area contributed by atoms with Crippen LogP contribution in [0, 0.1) is 27.7 Å². The molecule has 0 atom stereocenters. The average molecular weight is 385 g/mol. The first-order valence-electron chi connectivity index (χ1n) is 10.3. The van der Waals surface area contributed by atoms with E-state index in [1.165, 1.54) is 22.3 Å². The van der Waals surface area contributed by atoms with Crippen molar-refractivity contribution in [3.8, 4) is 28.4 Å². The fraction of sp³-hybridized carbons (Fsp3) is 0.520. The molecule has 0 amide bonds. The van der Waals surface area contributed by atoms with Crippen molar-refractivity contribution < 1.29 is 14.2 Å². The predicted octanol–water partition coefficient (Wildman–Crippen LogP) is 6.95. The van der Waals surface area contributed by atoms with Gasteiger partial charge in [-0.3, -0.25) is 0 Å². The average Bonchev–Trinajstić information content (AvgIpc) is 2.55. The van der Waals surface area contributed by atoms with Crippen molar-refractivity contribution in [1.29, 1.82) is 0 Å². The zero-order valence-electron chi connectivity index (χ0n) is 19.2. The van der Waals surface area contributed by atoms with Gasteiger partial charge in [-0.2, -0.15) is 0 Å². The van der Waals surface area contributed by atoms with Gasteiger partial charge in [0.1, 0.15) is 17.2 Å². The van der Waals surface area contributed by atoms with Gasteiger partial charge in [0.05, 0.1) is 23.9 Å². The highest BCUT2D eigenvalue weighted by Crippen LogP contribution is 2.45. The van der Waals surface area contributed by atoms with Crippen LogP contribution in [0.5, 0.6) is 17.2 Å². The molecular formula is C25H36O3. The monoisotopic (exact) mass is 384 g/mol. The van der Waals surface area contributed by atoms with Crippen LogP contribution in [0.25, 0.3) is 11.1 Å². The first-order valence-corrected chi connectivity index (χ1v) is 10.3. The van der Waals surface area contributed by atoms with Crippen LogP contribution in [0.2, 0.25) is 0 Å². The molecule has 0 spiro atoms. The van der Waals surface area contributed by atoms with Gasteiger partial charge in [-0.15, -0.1) is 0 Å². The van der Waals surface area contributed by atoms with Crippen molar-refractivity contribution in [2.24, 2.45) is 0 Å². The molecule has 0 aliphatic rings. The standard InChI is InChI=1S/C25H36O3/c1-14(2)26-21-12-23(27-15(3)4)25(24(13-21)28-16(5)6)22-11-17(7)18(8)19(9)20(22)10/h11-16H,1-10H3. The summed E-state index contributed by atoms with van der Waals surface area (Å²) in [5.74, 6) is 2.37. The fourth-order valence-corrected chi connectivity index (χ4v) is 3.34. The fourth-order valence-electron chi connectivity index (χ4n) is 3.34. The maximum absolute atomic E-state index is 6.25. The maximum atomic E-state index is 6.25. The highest BCUT2D eigenvalue weighted by molar-refractivity contribution is 5.82. The van der Waals surface area contributed by atoms with Crippen LogP contribution >= 0.6 is 0 Å². The molecule has 0 fully saturated rings. The Kier molecular flexibility index (Phi) is 7.03. The van der Waals surface area contributed by atoms with Crippen LogP contribution in [0.1, 0.15) is 63.8 Å². The molecule has 3 nitrogen and oxygen atoms in total. The van der Waals surface area contributed by atoms with E-state index < -0.39 is 0 Å². The van der Waals surface area contributed by atoms with Crippen LogP contribution in [0.15, 0.2) is 18.2 Å². The first-order chi connectivity index (χ1) is 13.0. The van der Waals surface area contributed by atoms with E-state index in [1.807, 2.05) is 53.7 Å². The molecule has 0 aliphatic heterocycles. The SMILES string of the molecule is Cc1cc(-c2c(OC(C)C)cc(OC(C)C)cc2OC(C)C)c(C)c(C)c1C. The van der Waals surface area contributed by atoms with Crippen molar-refractivity contribution in [2.75, 3.05) is 0 Å². The Labute approximate surface area is 171 Å². The van der Waals surface area contributed by atoms with Crippen molar-refractivity contribution in [3.63, 3.8) is 0 Å². The highest BCUT2D eigenvalue weighted by Gasteiger charge is 2.22. The topological polar surface area (TPSA) is 27.7 Å². The molecule has 3 heteroatoms. The molecule has 0 radical (unpaired) electrons. The predicted molar refractivity (Wildman–Crippen MR) is 118 cm³/mol. The summed E-state index contributed by atoms with van der Waals surface area (Å²) in [7, 11) is 0. The Morgan fingerprint density at radius 2 is 1.04 bits per heavy atom. The summed E-state index contributed by atoms with van der Waals surface area (Å²) in [5.41, 5.74) is 7.32. The third-order valence-corrected chi connectivity index (χ3v) is 4.89. The van der Waals surface area contributed by atoms with Crippen LogP contribution in [-0.2, 0) is 0 Å². The summed E-state index contributed by atoms with van der Waals surface area (Å²) in [4.78, 5) is 0. The minimum atomic E-state index is 0.0490. The Bertz CT molecular complexity index is 801. The van der Waals surface area contributed by atoms with Gasteiger partial charge < -0.3 is 14.2 Å². The number of ether oxygens (including phenoxy) is 3. The van der Waals surface area contributed by atoms with E-state index >= 15 is 0 Å². The van der Waals surface area contributed by atoms with Crippen LogP contribution in [0.4, 0.5) is 0 Å². The second kappa shape index (κ2) is 8.89. The number of rotatable bonds is 7. The molecule has 28 heavy (non-hydrogen) atoms. The summed E-state index contributed by atoms with van der Waals surface area (Å²) in [5, 5.41) is 0. The lowest BCUT2D eigenvalue weighted by molar-refractivity contribution is 0.218. The van der Waals surface area contributed by atoms with E-state index in [1.54, 1.807) is 0 Å². The second-order valence-electron chi connectivity index (χ2n) is 8.41. The van der Waals surface area contributed by atoms with Gasteiger partial charge in [-0.1, -0.05) is 6.07 Å². The summed E-state index contributed by atoms with van der Waals surface area (Å²) in [6.07, 6.45) is 0.177. The van der Waals surface area contributed by atoms with Crippen LogP contribution < -0.4 is 14.2 Å². The van der Waals surface area contributed by atoms with Crippen molar-refractivity contribution in [1.82, 2.24) is 0 Å². The van der Waals surface area contributed by atoms with E-state index in [-0.39, 0.29) is 18.3 Å². The molecule has 2 rings (SSSR count). The van der Waals surface area contributed by atoms with E-state index in [2.05, 4.69) is 33.8 Å². The van der Waals surface area contributed by atoms with Crippen molar-refractivity contribution >= 4 is 0 Å². The maximum Gasteiger partial charge on any atom is 0.134 e. The molecule has 0 aliphatic carbocycles. The van der Waals surface area contributed by atoms with E-state index in [4.69, 9.17) is 14.2 Å². The number of hydrogen-bond acceptors (Lipinski definition) is 3. The zero-order chi connectivity index (χ0) is 21.2. The van der Waals surface area contributed by atoms with Gasteiger partial charge in [0, 0.05) is 12.1 Å². The third kappa shape index (κ3) is 5.01. The number of benzene rings is 2. The number of aryl methyl sites for hydroxylation is 1. The molecule has 2 aromatic rings. The molecule has 0 N–H and O–H groups in total. The van der Waals surface area contributed by atoms with E-state index in [0.29, 0.717) is 0 Å². The zero-order valence-corrected chi connectivity index (χ0v) is 19.2. The van der Waals surface area contributed by atoms with Gasteiger partial charge in [0.2, 0.25) is 0 Å². The Hall–Kier alpha value is -2.16. The lowest BCUT2D eigenvalue weighted by Crippen LogP contribution is -2.12. The molecular weight excluding hydrogens is 348 g/mol. The van der Waals surface area contributed by atoms with Gasteiger partial charge in [-0.25, -0.2) is 0 Å². The van der Waals surface area contributed by atoms with Gasteiger partial charge in [0.15, 0.2) is 0 Å². The highest BCUT2D eigenvalue weighted by atomic mass is 16.5. The lowest BCUT2D eigenvalue weighted by Gasteiger charge is -2.24. The van der Waals surface area contributed by atoms with Gasteiger partial charge in [-0.05, 0) is 97.1 Å². The lowest BCUT2D eigenvalue weighted by atomic mass is 9.90. The van der Waals surface area contributed by atoms with E-state index in [0.717, 1.165) is 28.4 Å². The Morgan fingerprint density at radius 1 is 0.571 bits per heavy atom. The smallest absolute Gasteiger partial charge is 0.134 e. The number of hydrogen-bond donors (Lipinski definition) is 0. The third-order valence-electron chi connectivity index (χ3n) is 4.89. The Morgan fingerprint density at radius 3 is 1.46 bits per heavy atom. The molecule has 0 bridgehead atoms. The van der Waals surface area contributed by atoms with Crippen molar-refractivity contribution in [3.05, 3.63) is 40.5 Å². The largest absolute Gasteiger partial charge is 0.491 e. The van der Waals surface area contributed by atoms with Crippen LogP contribution in [-0.4, -0.2) is 18.3 Å². The molecule has 154 valence electrons. The molecule has 0 aromatic heterocycles. The molecule has 0 saturated heterocycles. The molecule has 2 aromatic carbocycles. The summed E-state index contributed by atoms with van der Waals surface area (Å²) in [6, 6.07) is 6.23. The summed E-state index contributed by atoms with van der Waals surface area (Å²) < 4.78 is 18.5.